The third-order valence-electron chi connectivity index (χ3n) is 5.34. The Morgan fingerprint density at radius 3 is 2.23 bits per heavy atom. The summed E-state index contributed by atoms with van der Waals surface area (Å²) in [4.78, 5) is 0. The predicted molar refractivity (Wildman–Crippen MR) is 94.8 cm³/mol. The number of hydrogen-bond acceptors (Lipinski definition) is 0. The van der Waals surface area contributed by atoms with E-state index < -0.39 is 0 Å². The van der Waals surface area contributed by atoms with Gasteiger partial charge in [-0.3, -0.25) is 0 Å². The quantitative estimate of drug-likeness (QED) is 0.459. The molecule has 5 rings (SSSR count). The van der Waals surface area contributed by atoms with Crippen molar-refractivity contribution in [2.75, 3.05) is 0 Å². The number of aryl methyl sites for hydroxylation is 1. The van der Waals surface area contributed by atoms with Crippen molar-refractivity contribution in [2.45, 2.75) is 26.2 Å². The summed E-state index contributed by atoms with van der Waals surface area (Å²) in [5.41, 5.74) is 10.3. The maximum Gasteiger partial charge on any atom is -0.00271 e. The molecule has 0 saturated heterocycles. The van der Waals surface area contributed by atoms with Crippen LogP contribution in [0.4, 0.5) is 0 Å². The first-order valence-electron chi connectivity index (χ1n) is 8.19. The van der Waals surface area contributed by atoms with E-state index in [1.54, 1.807) is 11.1 Å². The molecule has 0 saturated carbocycles. The molecule has 0 amide bonds. The van der Waals surface area contributed by atoms with Crippen molar-refractivity contribution in [3.05, 3.63) is 71.3 Å². The minimum atomic E-state index is 1.22. The number of allylic oxidation sites excluding steroid dienone is 2. The van der Waals surface area contributed by atoms with E-state index in [2.05, 4.69) is 61.5 Å². The average Bonchev–Trinajstić information content (AvgIpc) is 3.01. The second-order valence-electron chi connectivity index (χ2n) is 6.51. The molecule has 22 heavy (non-hydrogen) atoms. The summed E-state index contributed by atoms with van der Waals surface area (Å²) < 4.78 is 0. The standard InChI is InChI=1S/C22H18/c1-14-12-13-21-18-7-3-2-6-16(18)17-9-5-10-19(17)20-11-4-8-15(14)22(20)21/h2-4,6-8,11-13H,5,9-10H2,1H3. The van der Waals surface area contributed by atoms with E-state index >= 15 is 0 Å². The van der Waals surface area contributed by atoms with Crippen LogP contribution < -0.4 is 0 Å². The molecule has 0 N–H and O–H groups in total. The fourth-order valence-corrected chi connectivity index (χ4v) is 4.35. The number of rotatable bonds is 0. The summed E-state index contributed by atoms with van der Waals surface area (Å²) in [6.45, 7) is 2.23. The molecule has 0 nitrogen and oxygen atoms in total. The summed E-state index contributed by atoms with van der Waals surface area (Å²) in [7, 11) is 0. The lowest BCUT2D eigenvalue weighted by atomic mass is 9.90. The molecule has 0 heteroatoms. The highest BCUT2D eigenvalue weighted by atomic mass is 14.3. The van der Waals surface area contributed by atoms with Gasteiger partial charge in [0.25, 0.3) is 0 Å². The van der Waals surface area contributed by atoms with Crippen molar-refractivity contribution in [2.24, 2.45) is 0 Å². The summed E-state index contributed by atoms with van der Waals surface area (Å²) in [5.74, 6) is 0. The molecule has 0 bridgehead atoms. The Hall–Kier alpha value is -2.34. The Labute approximate surface area is 131 Å². The molecule has 0 radical (unpaired) electrons. The first kappa shape index (κ1) is 12.2. The molecular formula is C22H18. The lowest BCUT2D eigenvalue weighted by Crippen LogP contribution is -1.89. The van der Waals surface area contributed by atoms with Gasteiger partial charge in [-0.1, -0.05) is 54.6 Å². The van der Waals surface area contributed by atoms with Crippen molar-refractivity contribution in [1.82, 2.24) is 0 Å². The van der Waals surface area contributed by atoms with Crippen molar-refractivity contribution in [1.29, 1.82) is 0 Å². The van der Waals surface area contributed by atoms with Gasteiger partial charge >= 0.3 is 0 Å². The van der Waals surface area contributed by atoms with Gasteiger partial charge in [0.15, 0.2) is 0 Å². The minimum Gasteiger partial charge on any atom is -0.0616 e. The van der Waals surface area contributed by atoms with Gasteiger partial charge in [0.2, 0.25) is 0 Å². The Bertz CT molecular complexity index is 957. The molecule has 2 aliphatic rings. The summed E-state index contributed by atoms with van der Waals surface area (Å²) >= 11 is 0. The van der Waals surface area contributed by atoms with Crippen molar-refractivity contribution >= 4 is 21.9 Å². The zero-order chi connectivity index (χ0) is 14.7. The van der Waals surface area contributed by atoms with Crippen LogP contribution in [0.25, 0.3) is 33.0 Å². The van der Waals surface area contributed by atoms with Crippen molar-refractivity contribution in [3.63, 3.8) is 0 Å². The first-order valence-corrected chi connectivity index (χ1v) is 8.19. The highest BCUT2D eigenvalue weighted by Gasteiger charge is 2.26. The van der Waals surface area contributed by atoms with Crippen LogP contribution in [0.5, 0.6) is 0 Å². The molecule has 0 unspecified atom stereocenters. The first-order chi connectivity index (χ1) is 10.8. The molecule has 0 heterocycles. The maximum absolute atomic E-state index is 2.33. The molecule has 0 fully saturated rings. The summed E-state index contributed by atoms with van der Waals surface area (Å²) in [5, 5.41) is 2.87. The van der Waals surface area contributed by atoms with Gasteiger partial charge in [0.05, 0.1) is 0 Å². The highest BCUT2D eigenvalue weighted by Crippen LogP contribution is 2.49. The van der Waals surface area contributed by atoms with Gasteiger partial charge in [-0.05, 0) is 75.9 Å². The summed E-state index contributed by atoms with van der Waals surface area (Å²) in [6.07, 6.45) is 3.72. The lowest BCUT2D eigenvalue weighted by Gasteiger charge is -2.13. The molecular weight excluding hydrogens is 264 g/mol. The van der Waals surface area contributed by atoms with Gasteiger partial charge in [-0.15, -0.1) is 0 Å². The van der Waals surface area contributed by atoms with Crippen LogP contribution in [0, 0.1) is 6.92 Å². The van der Waals surface area contributed by atoms with Crippen molar-refractivity contribution in [3.8, 4) is 11.1 Å². The van der Waals surface area contributed by atoms with E-state index in [9.17, 15) is 0 Å². The topological polar surface area (TPSA) is 0 Å². The van der Waals surface area contributed by atoms with E-state index in [0.29, 0.717) is 0 Å². The molecule has 2 aliphatic carbocycles. The third-order valence-corrected chi connectivity index (χ3v) is 5.34. The third kappa shape index (κ3) is 1.47. The highest BCUT2D eigenvalue weighted by molar-refractivity contribution is 6.13. The van der Waals surface area contributed by atoms with E-state index in [1.165, 1.54) is 57.9 Å². The minimum absolute atomic E-state index is 1.22. The van der Waals surface area contributed by atoms with Crippen LogP contribution >= 0.6 is 0 Å². The second-order valence-corrected chi connectivity index (χ2v) is 6.51. The predicted octanol–water partition coefficient (Wildman–Crippen LogP) is 6.22. The molecule has 0 aliphatic heterocycles. The fourth-order valence-electron chi connectivity index (χ4n) is 4.35. The molecule has 0 spiro atoms. The zero-order valence-corrected chi connectivity index (χ0v) is 12.8. The van der Waals surface area contributed by atoms with Crippen LogP contribution in [0.15, 0.2) is 54.6 Å². The van der Waals surface area contributed by atoms with Crippen LogP contribution in [0.1, 0.15) is 36.0 Å². The molecule has 106 valence electrons. The average molecular weight is 282 g/mol. The van der Waals surface area contributed by atoms with E-state index in [0.717, 1.165) is 0 Å². The van der Waals surface area contributed by atoms with Gasteiger partial charge in [-0.25, -0.2) is 0 Å². The Balaban J connectivity index is 2.06. The largest absolute Gasteiger partial charge is 0.0616 e. The number of hydrogen-bond donors (Lipinski definition) is 0. The van der Waals surface area contributed by atoms with Gasteiger partial charge < -0.3 is 0 Å². The summed E-state index contributed by atoms with van der Waals surface area (Å²) in [6, 6.07) is 20.4. The molecule has 3 aromatic carbocycles. The normalized spacial score (nSPS) is 15.7. The van der Waals surface area contributed by atoms with Crippen LogP contribution in [-0.4, -0.2) is 0 Å². The Morgan fingerprint density at radius 2 is 1.36 bits per heavy atom. The number of benzene rings is 3. The van der Waals surface area contributed by atoms with E-state index in [-0.39, 0.29) is 0 Å². The smallest absolute Gasteiger partial charge is 0.00271 e. The van der Waals surface area contributed by atoms with E-state index in [4.69, 9.17) is 0 Å². The van der Waals surface area contributed by atoms with Crippen LogP contribution in [0.2, 0.25) is 0 Å². The molecule has 0 aromatic heterocycles. The van der Waals surface area contributed by atoms with E-state index in [1.807, 2.05) is 0 Å². The van der Waals surface area contributed by atoms with Gasteiger partial charge in [0, 0.05) is 0 Å². The van der Waals surface area contributed by atoms with Gasteiger partial charge in [0.1, 0.15) is 0 Å². The molecule has 0 atom stereocenters. The van der Waals surface area contributed by atoms with Crippen molar-refractivity contribution < 1.29 is 0 Å². The lowest BCUT2D eigenvalue weighted by molar-refractivity contribution is 0.942. The van der Waals surface area contributed by atoms with Crippen LogP contribution in [-0.2, 0) is 0 Å². The second kappa shape index (κ2) is 4.33. The maximum atomic E-state index is 2.33. The Morgan fingerprint density at radius 1 is 0.636 bits per heavy atom. The van der Waals surface area contributed by atoms with Crippen LogP contribution in [0.3, 0.4) is 0 Å². The molecule has 3 aromatic rings. The number of fused-ring (bicyclic) bond motifs is 4. The SMILES string of the molecule is Cc1ccc2c3c(cccc13)C1=C(CCC1)c1ccccc1-2. The Kier molecular flexibility index (Phi) is 2.41. The zero-order valence-electron chi connectivity index (χ0n) is 12.8. The monoisotopic (exact) mass is 282 g/mol. The fraction of sp³-hybridized carbons (Fsp3) is 0.182. The van der Waals surface area contributed by atoms with Gasteiger partial charge in [-0.2, -0.15) is 0 Å².